The molecule has 1 aliphatic rings. The largest absolute Gasteiger partial charge is 0.367 e. The van der Waals surface area contributed by atoms with Gasteiger partial charge in [-0.2, -0.15) is 0 Å². The van der Waals surface area contributed by atoms with Gasteiger partial charge in [-0.25, -0.2) is 0 Å². The highest BCUT2D eigenvalue weighted by Gasteiger charge is 2.30. The van der Waals surface area contributed by atoms with Crippen LogP contribution in [0.5, 0.6) is 0 Å². The van der Waals surface area contributed by atoms with Gasteiger partial charge in [0.2, 0.25) is 0 Å². The molecule has 0 aromatic heterocycles. The van der Waals surface area contributed by atoms with Gasteiger partial charge in [0.25, 0.3) is 0 Å². The summed E-state index contributed by atoms with van der Waals surface area (Å²) in [5.74, 6) is 0. The van der Waals surface area contributed by atoms with Crippen molar-refractivity contribution in [1.82, 2.24) is 4.90 Å². The van der Waals surface area contributed by atoms with Crippen molar-refractivity contribution in [1.29, 1.82) is 0 Å². The van der Waals surface area contributed by atoms with Crippen molar-refractivity contribution in [2.24, 2.45) is 0 Å². The Kier molecular flexibility index (Phi) is 3.93. The molecule has 1 aliphatic heterocycles. The summed E-state index contributed by atoms with van der Waals surface area (Å²) in [6.45, 7) is 1.94. The van der Waals surface area contributed by atoms with Gasteiger partial charge < -0.3 is 9.84 Å². The third-order valence-corrected chi connectivity index (χ3v) is 3.21. The Morgan fingerprint density at radius 1 is 1.44 bits per heavy atom. The zero-order chi connectivity index (χ0) is 11.4. The van der Waals surface area contributed by atoms with Crippen LogP contribution in [0.1, 0.15) is 18.4 Å². The summed E-state index contributed by atoms with van der Waals surface area (Å²) in [4.78, 5) is 2.30. The van der Waals surface area contributed by atoms with Crippen LogP contribution in [-0.2, 0) is 11.3 Å². The lowest BCUT2D eigenvalue weighted by atomic mass is 10.2. The molecule has 3 heteroatoms. The van der Waals surface area contributed by atoms with Crippen LogP contribution in [0.25, 0.3) is 0 Å². The molecule has 0 radical (unpaired) electrons. The Balaban J connectivity index is 1.99. The number of methoxy groups -OCH3 is 1. The topological polar surface area (TPSA) is 32.7 Å². The molecule has 0 bridgehead atoms. The SMILES string of the molecule is COC(O)[C@@H]1CCCN1Cc1ccccc1. The maximum absolute atomic E-state index is 9.74. The average Bonchev–Trinajstić information content (AvgIpc) is 2.77. The van der Waals surface area contributed by atoms with Crippen LogP contribution in [0.2, 0.25) is 0 Å². The van der Waals surface area contributed by atoms with E-state index in [-0.39, 0.29) is 6.04 Å². The number of nitrogens with zero attached hydrogens (tertiary/aromatic N) is 1. The van der Waals surface area contributed by atoms with Crippen LogP contribution in [-0.4, -0.2) is 36.0 Å². The zero-order valence-electron chi connectivity index (χ0n) is 9.67. The van der Waals surface area contributed by atoms with Gasteiger partial charge in [0.05, 0.1) is 6.04 Å². The van der Waals surface area contributed by atoms with E-state index in [1.807, 2.05) is 18.2 Å². The van der Waals surface area contributed by atoms with E-state index in [2.05, 4.69) is 17.0 Å². The predicted molar refractivity (Wildman–Crippen MR) is 62.9 cm³/mol. The summed E-state index contributed by atoms with van der Waals surface area (Å²) in [6.07, 6.45) is 1.49. The highest BCUT2D eigenvalue weighted by atomic mass is 16.6. The Bertz CT molecular complexity index is 315. The second-order valence-electron chi connectivity index (χ2n) is 4.29. The smallest absolute Gasteiger partial charge is 0.169 e. The van der Waals surface area contributed by atoms with E-state index in [0.717, 1.165) is 25.9 Å². The molecule has 1 fully saturated rings. The minimum Gasteiger partial charge on any atom is -0.367 e. The number of aliphatic hydroxyl groups excluding tert-OH is 1. The third kappa shape index (κ3) is 2.61. The highest BCUT2D eigenvalue weighted by Crippen LogP contribution is 2.22. The van der Waals surface area contributed by atoms with E-state index in [1.54, 1.807) is 7.11 Å². The van der Waals surface area contributed by atoms with Crippen LogP contribution in [0.4, 0.5) is 0 Å². The number of aliphatic hydroxyl groups is 1. The predicted octanol–water partition coefficient (Wildman–Crippen LogP) is 1.62. The number of hydrogen-bond acceptors (Lipinski definition) is 3. The number of rotatable bonds is 4. The van der Waals surface area contributed by atoms with E-state index >= 15 is 0 Å². The molecule has 0 spiro atoms. The van der Waals surface area contributed by atoms with E-state index in [9.17, 15) is 5.11 Å². The van der Waals surface area contributed by atoms with Crippen molar-refractivity contribution in [2.45, 2.75) is 31.7 Å². The van der Waals surface area contributed by atoms with Gasteiger partial charge in [0.15, 0.2) is 6.29 Å². The molecule has 1 saturated heterocycles. The van der Waals surface area contributed by atoms with E-state index < -0.39 is 6.29 Å². The molecular formula is C13H19NO2. The van der Waals surface area contributed by atoms with Crippen molar-refractivity contribution >= 4 is 0 Å². The fourth-order valence-electron chi connectivity index (χ4n) is 2.35. The van der Waals surface area contributed by atoms with Gasteiger partial charge in [0.1, 0.15) is 0 Å². The second-order valence-corrected chi connectivity index (χ2v) is 4.29. The molecule has 1 heterocycles. The number of hydrogen-bond donors (Lipinski definition) is 1. The maximum atomic E-state index is 9.74. The number of ether oxygens (including phenoxy) is 1. The van der Waals surface area contributed by atoms with Crippen LogP contribution < -0.4 is 0 Å². The molecular weight excluding hydrogens is 202 g/mol. The molecule has 1 unspecified atom stereocenters. The quantitative estimate of drug-likeness (QED) is 0.784. The molecule has 1 N–H and O–H groups in total. The summed E-state index contributed by atoms with van der Waals surface area (Å²) in [7, 11) is 1.56. The first kappa shape index (κ1) is 11.6. The van der Waals surface area contributed by atoms with Crippen molar-refractivity contribution in [2.75, 3.05) is 13.7 Å². The summed E-state index contributed by atoms with van der Waals surface area (Å²) < 4.78 is 5.02. The van der Waals surface area contributed by atoms with Gasteiger partial charge in [-0.15, -0.1) is 0 Å². The third-order valence-electron chi connectivity index (χ3n) is 3.21. The first-order valence-electron chi connectivity index (χ1n) is 5.80. The number of likely N-dealkylation sites (tertiary alicyclic amines) is 1. The lowest BCUT2D eigenvalue weighted by molar-refractivity contribution is -0.118. The molecule has 16 heavy (non-hydrogen) atoms. The lowest BCUT2D eigenvalue weighted by Crippen LogP contribution is -2.39. The van der Waals surface area contributed by atoms with Crippen molar-refractivity contribution in [3.05, 3.63) is 35.9 Å². The Morgan fingerprint density at radius 2 is 2.19 bits per heavy atom. The minimum absolute atomic E-state index is 0.144. The van der Waals surface area contributed by atoms with E-state index in [0.29, 0.717) is 0 Å². The van der Waals surface area contributed by atoms with Crippen molar-refractivity contribution in [3.63, 3.8) is 0 Å². The summed E-state index contributed by atoms with van der Waals surface area (Å²) in [5, 5.41) is 9.74. The van der Waals surface area contributed by atoms with Crippen LogP contribution in [0.15, 0.2) is 30.3 Å². The normalized spacial score (nSPS) is 23.5. The Hall–Kier alpha value is -0.900. The van der Waals surface area contributed by atoms with E-state index in [4.69, 9.17) is 4.74 Å². The molecule has 0 aliphatic carbocycles. The first-order valence-corrected chi connectivity index (χ1v) is 5.80. The van der Waals surface area contributed by atoms with Gasteiger partial charge >= 0.3 is 0 Å². The van der Waals surface area contributed by atoms with Gasteiger partial charge in [0, 0.05) is 13.7 Å². The molecule has 1 aromatic carbocycles. The summed E-state index contributed by atoms with van der Waals surface area (Å²) in [6, 6.07) is 10.5. The summed E-state index contributed by atoms with van der Waals surface area (Å²) >= 11 is 0. The van der Waals surface area contributed by atoms with Crippen molar-refractivity contribution in [3.8, 4) is 0 Å². The Morgan fingerprint density at radius 3 is 2.88 bits per heavy atom. The second kappa shape index (κ2) is 5.43. The molecule has 3 nitrogen and oxygen atoms in total. The Labute approximate surface area is 96.6 Å². The molecule has 1 aromatic rings. The molecule has 0 saturated carbocycles. The maximum Gasteiger partial charge on any atom is 0.169 e. The van der Waals surface area contributed by atoms with Gasteiger partial charge in [-0.1, -0.05) is 30.3 Å². The van der Waals surface area contributed by atoms with Crippen molar-refractivity contribution < 1.29 is 9.84 Å². The number of benzene rings is 1. The van der Waals surface area contributed by atoms with Crippen LogP contribution in [0.3, 0.4) is 0 Å². The monoisotopic (exact) mass is 221 g/mol. The highest BCUT2D eigenvalue weighted by molar-refractivity contribution is 5.14. The fraction of sp³-hybridized carbons (Fsp3) is 0.538. The summed E-state index contributed by atoms with van der Waals surface area (Å²) in [5.41, 5.74) is 1.29. The minimum atomic E-state index is -0.661. The fourth-order valence-corrected chi connectivity index (χ4v) is 2.35. The van der Waals surface area contributed by atoms with Crippen LogP contribution >= 0.6 is 0 Å². The molecule has 2 atom stereocenters. The zero-order valence-corrected chi connectivity index (χ0v) is 9.67. The average molecular weight is 221 g/mol. The molecule has 88 valence electrons. The van der Waals surface area contributed by atoms with Gasteiger partial charge in [-0.05, 0) is 24.9 Å². The van der Waals surface area contributed by atoms with E-state index in [1.165, 1.54) is 5.56 Å². The van der Waals surface area contributed by atoms with Crippen LogP contribution in [0, 0.1) is 0 Å². The standard InChI is InChI=1S/C13H19NO2/c1-16-13(15)12-8-5-9-14(12)10-11-6-3-2-4-7-11/h2-4,6-7,12-13,15H,5,8-10H2,1H3/t12-,13?/m0/s1. The molecule has 0 amide bonds. The molecule has 2 rings (SSSR count). The first-order chi connectivity index (χ1) is 7.81. The van der Waals surface area contributed by atoms with Gasteiger partial charge in [-0.3, -0.25) is 4.90 Å². The lowest BCUT2D eigenvalue weighted by Gasteiger charge is -2.27.